The van der Waals surface area contributed by atoms with Crippen molar-refractivity contribution in [2.24, 2.45) is 5.41 Å². The van der Waals surface area contributed by atoms with Crippen LogP contribution in [0.5, 0.6) is 0 Å². The van der Waals surface area contributed by atoms with Crippen molar-refractivity contribution in [3.05, 3.63) is 52.9 Å². The molecule has 3 heterocycles. The zero-order valence-electron chi connectivity index (χ0n) is 16.4. The number of alkyl halides is 3. The number of amides is 1. The van der Waals surface area contributed by atoms with Gasteiger partial charge in [0.1, 0.15) is 17.3 Å². The van der Waals surface area contributed by atoms with Gasteiger partial charge in [-0.1, -0.05) is 0 Å². The van der Waals surface area contributed by atoms with Gasteiger partial charge in [0.05, 0.1) is 18.3 Å². The second-order valence-electron chi connectivity index (χ2n) is 8.87. The Morgan fingerprint density at radius 1 is 1.10 bits per heavy atom. The maximum atomic E-state index is 14.1. The highest BCUT2D eigenvalue weighted by Gasteiger charge is 2.51. The molecule has 1 aromatic heterocycles. The number of carbonyl (C=O) groups excluding carboxylic acids is 1. The summed E-state index contributed by atoms with van der Waals surface area (Å²) in [5.74, 6) is -3.22. The third kappa shape index (κ3) is 3.40. The van der Waals surface area contributed by atoms with Crippen LogP contribution in [0.15, 0.2) is 18.3 Å². The highest BCUT2D eigenvalue weighted by molar-refractivity contribution is 5.79. The normalized spacial score (nSPS) is 23.7. The molecular formula is C21H19F6N3O. The van der Waals surface area contributed by atoms with E-state index in [-0.39, 0.29) is 42.7 Å². The minimum absolute atomic E-state index is 0.0242. The van der Waals surface area contributed by atoms with E-state index in [9.17, 15) is 31.1 Å². The number of imidazole rings is 1. The summed E-state index contributed by atoms with van der Waals surface area (Å²) in [5.41, 5.74) is -1.32. The van der Waals surface area contributed by atoms with Crippen LogP contribution in [0, 0.1) is 22.9 Å². The third-order valence-corrected chi connectivity index (χ3v) is 6.80. The van der Waals surface area contributed by atoms with Crippen molar-refractivity contribution in [1.82, 2.24) is 14.5 Å². The Morgan fingerprint density at radius 3 is 2.48 bits per heavy atom. The number of rotatable bonds is 4. The van der Waals surface area contributed by atoms with Crippen LogP contribution >= 0.6 is 0 Å². The average molecular weight is 443 g/mol. The van der Waals surface area contributed by atoms with Crippen LogP contribution in [0.3, 0.4) is 0 Å². The summed E-state index contributed by atoms with van der Waals surface area (Å²) in [6.07, 6.45) is -1.09. The number of fused-ring (bicyclic) bond motifs is 4. The summed E-state index contributed by atoms with van der Waals surface area (Å²) in [7, 11) is 0. The molecule has 2 aliphatic heterocycles. The highest BCUT2D eigenvalue weighted by atomic mass is 19.4. The topological polar surface area (TPSA) is 38.1 Å². The van der Waals surface area contributed by atoms with E-state index in [0.717, 1.165) is 16.8 Å². The van der Waals surface area contributed by atoms with Gasteiger partial charge in [-0.2, -0.15) is 13.2 Å². The Balaban J connectivity index is 1.35. The van der Waals surface area contributed by atoms with Crippen LogP contribution in [0.1, 0.15) is 55.2 Å². The fourth-order valence-corrected chi connectivity index (χ4v) is 5.09. The molecule has 0 radical (unpaired) electrons. The molecule has 2 fully saturated rings. The molecule has 1 saturated carbocycles. The minimum Gasteiger partial charge on any atom is -0.328 e. The number of carbonyl (C=O) groups is 1. The van der Waals surface area contributed by atoms with Crippen LogP contribution in [-0.2, 0) is 23.9 Å². The van der Waals surface area contributed by atoms with Crippen molar-refractivity contribution in [2.75, 3.05) is 0 Å². The number of hydrogen-bond donors (Lipinski definition) is 0. The zero-order valence-corrected chi connectivity index (χ0v) is 16.4. The van der Waals surface area contributed by atoms with Crippen molar-refractivity contribution < 1.29 is 31.1 Å². The summed E-state index contributed by atoms with van der Waals surface area (Å²) in [4.78, 5) is 18.8. The second kappa shape index (κ2) is 6.74. The summed E-state index contributed by atoms with van der Waals surface area (Å²) < 4.78 is 81.7. The molecule has 2 bridgehead atoms. The third-order valence-electron chi connectivity index (χ3n) is 6.80. The summed E-state index contributed by atoms with van der Waals surface area (Å²) in [6, 6.07) is 0.468. The SMILES string of the molecule is O=C(CC1(Cc2cc(F)c(F)cc2F)CC1)N1C2CCC1c1ncc(C(F)(F)F)n1C2. The standard InChI is InChI=1S/C21H19F6N3O/c22-13-6-15(24)14(23)5-11(13)7-20(3-4-20)8-18(31)30-12-1-2-16(30)19-28-9-17(21(25,26)27)29(19)10-12/h5-6,9,12,16H,1-4,7-8,10H2. The Hall–Kier alpha value is -2.52. The molecule has 5 rings (SSSR count). The van der Waals surface area contributed by atoms with Crippen LogP contribution in [0.25, 0.3) is 0 Å². The predicted molar refractivity (Wildman–Crippen MR) is 96.1 cm³/mol. The number of hydrogen-bond acceptors (Lipinski definition) is 2. The van der Waals surface area contributed by atoms with Gasteiger partial charge in [-0.25, -0.2) is 18.2 Å². The van der Waals surface area contributed by atoms with Crippen LogP contribution in [0.4, 0.5) is 26.3 Å². The van der Waals surface area contributed by atoms with E-state index in [0.29, 0.717) is 31.7 Å². The number of halogens is 6. The van der Waals surface area contributed by atoms with E-state index in [1.165, 1.54) is 0 Å². The van der Waals surface area contributed by atoms with Crippen molar-refractivity contribution in [3.8, 4) is 0 Å². The molecule has 1 saturated heterocycles. The molecule has 1 aliphatic carbocycles. The number of aromatic nitrogens is 2. The van der Waals surface area contributed by atoms with E-state index in [2.05, 4.69) is 4.98 Å². The molecule has 31 heavy (non-hydrogen) atoms. The first-order chi connectivity index (χ1) is 14.6. The molecule has 0 N–H and O–H groups in total. The largest absolute Gasteiger partial charge is 0.433 e. The lowest BCUT2D eigenvalue weighted by Gasteiger charge is -2.37. The van der Waals surface area contributed by atoms with Gasteiger partial charge in [0.25, 0.3) is 0 Å². The van der Waals surface area contributed by atoms with Crippen molar-refractivity contribution in [3.63, 3.8) is 0 Å². The maximum Gasteiger partial charge on any atom is 0.433 e. The lowest BCUT2D eigenvalue weighted by atomic mass is 9.91. The van der Waals surface area contributed by atoms with Crippen LogP contribution in [-0.4, -0.2) is 26.4 Å². The second-order valence-corrected chi connectivity index (χ2v) is 8.87. The molecular weight excluding hydrogens is 424 g/mol. The molecule has 0 spiro atoms. The number of benzene rings is 1. The molecule has 2 unspecified atom stereocenters. The van der Waals surface area contributed by atoms with Crippen molar-refractivity contribution >= 4 is 5.91 Å². The van der Waals surface area contributed by atoms with E-state index in [1.807, 2.05) is 0 Å². The van der Waals surface area contributed by atoms with Crippen LogP contribution < -0.4 is 0 Å². The highest BCUT2D eigenvalue weighted by Crippen LogP contribution is 2.53. The predicted octanol–water partition coefficient (Wildman–Crippen LogP) is 4.78. The zero-order chi connectivity index (χ0) is 22.1. The van der Waals surface area contributed by atoms with Gasteiger partial charge < -0.3 is 9.47 Å². The lowest BCUT2D eigenvalue weighted by Crippen LogP contribution is -2.45. The van der Waals surface area contributed by atoms with E-state index >= 15 is 0 Å². The molecule has 10 heteroatoms. The van der Waals surface area contributed by atoms with Gasteiger partial charge in [-0.3, -0.25) is 4.79 Å². The van der Waals surface area contributed by atoms with Gasteiger partial charge in [-0.15, -0.1) is 0 Å². The quantitative estimate of drug-likeness (QED) is 0.504. The molecule has 4 nitrogen and oxygen atoms in total. The van der Waals surface area contributed by atoms with Gasteiger partial charge in [-0.05, 0) is 49.1 Å². The molecule has 2 atom stereocenters. The smallest absolute Gasteiger partial charge is 0.328 e. The van der Waals surface area contributed by atoms with Gasteiger partial charge in [0.15, 0.2) is 11.6 Å². The summed E-state index contributed by atoms with van der Waals surface area (Å²) >= 11 is 0. The summed E-state index contributed by atoms with van der Waals surface area (Å²) in [5, 5.41) is 0. The Morgan fingerprint density at radius 2 is 1.81 bits per heavy atom. The van der Waals surface area contributed by atoms with Crippen LogP contribution in [0.2, 0.25) is 0 Å². The average Bonchev–Trinajstić information content (AvgIpc) is 3.15. The van der Waals surface area contributed by atoms with E-state index in [4.69, 9.17) is 0 Å². The Kier molecular flexibility index (Phi) is 4.43. The number of nitrogens with zero attached hydrogens (tertiary/aromatic N) is 3. The van der Waals surface area contributed by atoms with E-state index < -0.39 is 40.8 Å². The van der Waals surface area contributed by atoms with Crippen molar-refractivity contribution in [2.45, 2.75) is 63.3 Å². The van der Waals surface area contributed by atoms with Gasteiger partial charge in [0.2, 0.25) is 5.91 Å². The summed E-state index contributed by atoms with van der Waals surface area (Å²) in [6.45, 7) is 0.0389. The monoisotopic (exact) mass is 443 g/mol. The lowest BCUT2D eigenvalue weighted by molar-refractivity contribution is -0.145. The van der Waals surface area contributed by atoms with Crippen molar-refractivity contribution in [1.29, 1.82) is 0 Å². The first-order valence-electron chi connectivity index (χ1n) is 10.2. The fourth-order valence-electron chi connectivity index (χ4n) is 5.09. The Labute approximate surface area is 173 Å². The van der Waals surface area contributed by atoms with Gasteiger partial charge >= 0.3 is 6.18 Å². The van der Waals surface area contributed by atoms with E-state index in [1.54, 1.807) is 4.90 Å². The fraction of sp³-hybridized carbons (Fsp3) is 0.524. The molecule has 166 valence electrons. The first kappa shape index (κ1) is 20.4. The molecule has 1 aromatic carbocycles. The maximum absolute atomic E-state index is 14.1. The first-order valence-corrected chi connectivity index (χ1v) is 10.2. The molecule has 1 amide bonds. The molecule has 2 aromatic rings. The minimum atomic E-state index is -4.51. The molecule has 3 aliphatic rings. The van der Waals surface area contributed by atoms with Gasteiger partial charge in [0, 0.05) is 19.0 Å². The Bertz CT molecular complexity index is 1060.